The molecule has 0 bridgehead atoms. The zero-order chi connectivity index (χ0) is 27.7. The SMILES string of the molecule is CC(=O)COc1ccc(-c2ccc(CN3Cc4[nH]c(-c5cccc(F)c5F)nc4C=N3)nn2)c(C(F)(F)F)c1. The van der Waals surface area contributed by atoms with Crippen LogP contribution >= 0.6 is 0 Å². The second-order valence-corrected chi connectivity index (χ2v) is 8.72. The fourth-order valence-electron chi connectivity index (χ4n) is 3.95. The van der Waals surface area contributed by atoms with E-state index >= 15 is 0 Å². The standard InChI is InChI=1S/C26H19F5N6O2/c1-14(38)13-39-16-6-7-17(19(9-16)26(29,30)31)21-8-5-15(35-36-21)11-37-12-23-22(10-32-37)33-25(34-23)18-3-2-4-20(27)24(18)28/h2-10H,11-13H2,1H3,(H,33,34). The fraction of sp³-hybridized carbons (Fsp3) is 0.192. The molecule has 1 N–H and O–H groups in total. The van der Waals surface area contributed by atoms with Gasteiger partial charge in [-0.2, -0.15) is 28.5 Å². The summed E-state index contributed by atoms with van der Waals surface area (Å²) in [5, 5.41) is 13.9. The Hall–Kier alpha value is -4.68. The number of halogens is 5. The van der Waals surface area contributed by atoms with Gasteiger partial charge in [0.05, 0.1) is 47.5 Å². The van der Waals surface area contributed by atoms with Crippen LogP contribution in [0.3, 0.4) is 0 Å². The average molecular weight is 542 g/mol. The minimum Gasteiger partial charge on any atom is -0.486 e. The van der Waals surface area contributed by atoms with Crippen molar-refractivity contribution < 1.29 is 31.5 Å². The van der Waals surface area contributed by atoms with Gasteiger partial charge >= 0.3 is 6.18 Å². The lowest BCUT2D eigenvalue weighted by Crippen LogP contribution is -2.22. The Morgan fingerprint density at radius 3 is 2.62 bits per heavy atom. The summed E-state index contributed by atoms with van der Waals surface area (Å²) in [5.74, 6) is -2.25. The number of aromatic nitrogens is 4. The number of alkyl halides is 3. The van der Waals surface area contributed by atoms with E-state index in [4.69, 9.17) is 4.74 Å². The number of hydrogen-bond donors (Lipinski definition) is 1. The van der Waals surface area contributed by atoms with Gasteiger partial charge in [-0.1, -0.05) is 6.07 Å². The topological polar surface area (TPSA) is 96.4 Å². The van der Waals surface area contributed by atoms with Crippen LogP contribution in [0.15, 0.2) is 53.6 Å². The van der Waals surface area contributed by atoms with E-state index in [2.05, 4.69) is 25.3 Å². The number of hydrogen-bond acceptors (Lipinski definition) is 7. The zero-order valence-corrected chi connectivity index (χ0v) is 20.3. The van der Waals surface area contributed by atoms with Crippen LogP contribution in [-0.4, -0.2) is 43.8 Å². The van der Waals surface area contributed by atoms with Gasteiger partial charge < -0.3 is 9.72 Å². The molecule has 4 aromatic rings. The Kier molecular flexibility index (Phi) is 6.81. The highest BCUT2D eigenvalue weighted by atomic mass is 19.4. The van der Waals surface area contributed by atoms with Crippen molar-refractivity contribution in [3.63, 3.8) is 0 Å². The Morgan fingerprint density at radius 1 is 1.08 bits per heavy atom. The van der Waals surface area contributed by atoms with E-state index in [0.29, 0.717) is 17.1 Å². The molecule has 0 atom stereocenters. The Labute approximate surface area is 218 Å². The number of hydrazone groups is 1. The second-order valence-electron chi connectivity index (χ2n) is 8.72. The highest BCUT2D eigenvalue weighted by Gasteiger charge is 2.35. The number of Topliss-reactive ketones (excluding diaryl/α,β-unsaturated/α-hetero) is 1. The van der Waals surface area contributed by atoms with Crippen LogP contribution in [0.5, 0.6) is 5.75 Å². The summed E-state index contributed by atoms with van der Waals surface area (Å²) in [6.07, 6.45) is -3.23. The molecule has 0 fully saturated rings. The number of fused-ring (bicyclic) bond motifs is 1. The molecule has 5 rings (SSSR count). The number of carbonyl (C=O) groups is 1. The molecule has 3 heterocycles. The van der Waals surface area contributed by atoms with Crippen LogP contribution in [0.1, 0.15) is 29.6 Å². The van der Waals surface area contributed by atoms with Gasteiger partial charge in [-0.15, -0.1) is 0 Å². The van der Waals surface area contributed by atoms with Gasteiger partial charge in [0.1, 0.15) is 23.9 Å². The normalized spacial score (nSPS) is 12.9. The van der Waals surface area contributed by atoms with E-state index in [1.165, 1.54) is 49.5 Å². The van der Waals surface area contributed by atoms with Gasteiger partial charge in [-0.3, -0.25) is 9.80 Å². The number of imidazole rings is 1. The lowest BCUT2D eigenvalue weighted by Gasteiger charge is -2.21. The summed E-state index contributed by atoms with van der Waals surface area (Å²) in [5.41, 5.74) is 0.365. The molecule has 0 amide bonds. The molecular formula is C26H19F5N6O2. The van der Waals surface area contributed by atoms with Crippen LogP contribution in [0, 0.1) is 11.6 Å². The molecule has 39 heavy (non-hydrogen) atoms. The van der Waals surface area contributed by atoms with Gasteiger partial charge in [-0.25, -0.2) is 13.8 Å². The van der Waals surface area contributed by atoms with Crippen molar-refractivity contribution in [2.75, 3.05) is 6.61 Å². The number of nitrogens with zero attached hydrogens (tertiary/aromatic N) is 5. The van der Waals surface area contributed by atoms with Crippen molar-refractivity contribution in [3.8, 4) is 28.4 Å². The van der Waals surface area contributed by atoms with E-state index in [1.54, 1.807) is 5.01 Å². The predicted octanol–water partition coefficient (Wildman–Crippen LogP) is 5.15. The molecule has 1 aliphatic rings. The number of benzene rings is 2. The maximum atomic E-state index is 14.2. The highest BCUT2D eigenvalue weighted by molar-refractivity contribution is 5.81. The number of carbonyl (C=O) groups excluding carboxylic acids is 1. The van der Waals surface area contributed by atoms with Crippen molar-refractivity contribution in [1.29, 1.82) is 0 Å². The average Bonchev–Trinajstić information content (AvgIpc) is 3.32. The zero-order valence-electron chi connectivity index (χ0n) is 20.3. The number of ether oxygens (including phenoxy) is 1. The smallest absolute Gasteiger partial charge is 0.417 e. The first-order valence-corrected chi connectivity index (χ1v) is 11.6. The van der Waals surface area contributed by atoms with Crippen molar-refractivity contribution in [2.24, 2.45) is 5.10 Å². The van der Waals surface area contributed by atoms with Gasteiger partial charge in [-0.05, 0) is 49.4 Å². The monoisotopic (exact) mass is 542 g/mol. The summed E-state index contributed by atoms with van der Waals surface area (Å²) in [7, 11) is 0. The van der Waals surface area contributed by atoms with Crippen LogP contribution in [-0.2, 0) is 24.1 Å². The number of nitrogens with one attached hydrogen (secondary N) is 1. The van der Waals surface area contributed by atoms with Gasteiger partial charge in [0, 0.05) is 5.56 Å². The van der Waals surface area contributed by atoms with E-state index in [-0.39, 0.29) is 53.9 Å². The van der Waals surface area contributed by atoms with Crippen molar-refractivity contribution >= 4 is 12.0 Å². The van der Waals surface area contributed by atoms with Crippen LogP contribution < -0.4 is 4.74 Å². The first kappa shape index (κ1) is 25.9. The molecule has 200 valence electrons. The molecule has 1 aliphatic heterocycles. The highest BCUT2D eigenvalue weighted by Crippen LogP contribution is 2.38. The minimum absolute atomic E-state index is 0.00366. The first-order chi connectivity index (χ1) is 18.6. The van der Waals surface area contributed by atoms with E-state index < -0.39 is 23.4 Å². The van der Waals surface area contributed by atoms with Crippen molar-refractivity contribution in [2.45, 2.75) is 26.2 Å². The van der Waals surface area contributed by atoms with Crippen LogP contribution in [0.2, 0.25) is 0 Å². The maximum absolute atomic E-state index is 14.2. The third kappa shape index (κ3) is 5.61. The molecule has 2 aromatic heterocycles. The van der Waals surface area contributed by atoms with Gasteiger partial charge in [0.2, 0.25) is 0 Å². The van der Waals surface area contributed by atoms with E-state index in [9.17, 15) is 26.7 Å². The molecule has 0 spiro atoms. The second kappa shape index (κ2) is 10.2. The van der Waals surface area contributed by atoms with Crippen molar-refractivity contribution in [3.05, 3.63) is 82.8 Å². The fourth-order valence-corrected chi connectivity index (χ4v) is 3.95. The number of H-pyrrole nitrogens is 1. The molecule has 2 aromatic carbocycles. The Morgan fingerprint density at radius 2 is 1.90 bits per heavy atom. The molecule has 13 heteroatoms. The molecule has 0 saturated heterocycles. The molecule has 0 aliphatic carbocycles. The molecule has 8 nitrogen and oxygen atoms in total. The Bertz CT molecular complexity index is 1570. The van der Waals surface area contributed by atoms with Crippen molar-refractivity contribution in [1.82, 2.24) is 25.2 Å². The molecular weight excluding hydrogens is 523 g/mol. The summed E-state index contributed by atoms with van der Waals surface area (Å²) >= 11 is 0. The summed E-state index contributed by atoms with van der Waals surface area (Å²) in [6.45, 7) is 1.35. The molecule has 0 unspecified atom stereocenters. The third-order valence-electron chi connectivity index (χ3n) is 5.78. The first-order valence-electron chi connectivity index (χ1n) is 11.6. The van der Waals surface area contributed by atoms with Crippen LogP contribution in [0.4, 0.5) is 22.0 Å². The number of ketones is 1. The maximum Gasteiger partial charge on any atom is 0.417 e. The summed E-state index contributed by atoms with van der Waals surface area (Å²) < 4.78 is 74.1. The summed E-state index contributed by atoms with van der Waals surface area (Å²) in [4.78, 5) is 18.4. The van der Waals surface area contributed by atoms with E-state index in [1.807, 2.05) is 0 Å². The lowest BCUT2D eigenvalue weighted by atomic mass is 10.0. The minimum atomic E-state index is -4.69. The van der Waals surface area contributed by atoms with E-state index in [0.717, 1.165) is 12.1 Å². The third-order valence-corrected chi connectivity index (χ3v) is 5.78. The molecule has 0 saturated carbocycles. The lowest BCUT2D eigenvalue weighted by molar-refractivity contribution is -0.137. The summed E-state index contributed by atoms with van der Waals surface area (Å²) in [6, 6.07) is 10.1. The van der Waals surface area contributed by atoms with Gasteiger partial charge in [0.15, 0.2) is 17.4 Å². The predicted molar refractivity (Wildman–Crippen MR) is 129 cm³/mol. The van der Waals surface area contributed by atoms with Gasteiger partial charge in [0.25, 0.3) is 0 Å². The number of rotatable bonds is 7. The largest absolute Gasteiger partial charge is 0.486 e. The molecule has 0 radical (unpaired) electrons. The number of aromatic amines is 1. The quantitative estimate of drug-likeness (QED) is 0.325. The Balaban J connectivity index is 1.31. The van der Waals surface area contributed by atoms with Crippen LogP contribution in [0.25, 0.3) is 22.6 Å².